The highest BCUT2D eigenvalue weighted by Crippen LogP contribution is 2.19. The van der Waals surface area contributed by atoms with Crippen LogP contribution in [0.25, 0.3) is 0 Å². The molecule has 9 N–H and O–H groups in total. The number of H-pyrrole nitrogens is 1. The van der Waals surface area contributed by atoms with E-state index in [9.17, 15) is 19.2 Å². The molecule has 0 unspecified atom stereocenters. The van der Waals surface area contributed by atoms with Gasteiger partial charge in [-0.2, -0.15) is 4.98 Å². The number of hydrogen-bond donors (Lipinski definition) is 7. The number of aliphatic carboxylic acids is 2. The van der Waals surface area contributed by atoms with Crippen LogP contribution in [0.3, 0.4) is 0 Å². The topological polar surface area (TPSA) is 214 Å². The van der Waals surface area contributed by atoms with Gasteiger partial charge in [0.15, 0.2) is 0 Å². The molecule has 0 fully saturated rings. The zero-order valence-electron chi connectivity index (χ0n) is 16.3. The first-order valence-electron chi connectivity index (χ1n) is 9.05. The second-order valence-corrected chi connectivity index (χ2v) is 7.42. The lowest BCUT2D eigenvalue weighted by Crippen LogP contribution is -2.41. The van der Waals surface area contributed by atoms with Crippen LogP contribution in [0.4, 0.5) is 17.5 Å². The number of benzene rings is 1. The van der Waals surface area contributed by atoms with E-state index in [1.54, 1.807) is 12.1 Å². The van der Waals surface area contributed by atoms with Gasteiger partial charge < -0.3 is 32.3 Å². The fraction of sp³-hybridized carbons (Fsp3) is 0.278. The van der Waals surface area contributed by atoms with Crippen molar-refractivity contribution in [3.63, 3.8) is 0 Å². The van der Waals surface area contributed by atoms with E-state index >= 15 is 0 Å². The quantitative estimate of drug-likeness (QED) is 0.181. The van der Waals surface area contributed by atoms with Crippen LogP contribution in [0.2, 0.25) is 0 Å². The maximum atomic E-state index is 12.2. The second kappa shape index (κ2) is 10.9. The maximum absolute atomic E-state index is 12.2. The number of nitrogens with one attached hydrogen (secondary N) is 3. The zero-order chi connectivity index (χ0) is 23.0. The summed E-state index contributed by atoms with van der Waals surface area (Å²) in [4.78, 5) is 52.3. The van der Waals surface area contributed by atoms with Crippen LogP contribution in [0.5, 0.6) is 0 Å². The number of nitrogen functional groups attached to an aromatic ring is 2. The van der Waals surface area contributed by atoms with E-state index in [0.717, 1.165) is 0 Å². The molecule has 0 saturated heterocycles. The fourth-order valence-corrected chi connectivity index (χ4v) is 3.28. The van der Waals surface area contributed by atoms with E-state index in [2.05, 4.69) is 20.6 Å². The predicted molar refractivity (Wildman–Crippen MR) is 115 cm³/mol. The minimum Gasteiger partial charge on any atom is -0.481 e. The number of aromatic nitrogens is 2. The molecule has 1 heterocycles. The number of nitrogens with two attached hydrogens (primary N) is 2. The summed E-state index contributed by atoms with van der Waals surface area (Å²) in [6.45, 7) is 0.482. The molecule has 0 aliphatic heterocycles. The van der Waals surface area contributed by atoms with Gasteiger partial charge in [0, 0.05) is 30.0 Å². The molecule has 0 bridgehead atoms. The van der Waals surface area contributed by atoms with Gasteiger partial charge >= 0.3 is 11.9 Å². The molecule has 0 aliphatic rings. The van der Waals surface area contributed by atoms with Crippen molar-refractivity contribution in [1.82, 2.24) is 15.3 Å². The average Bonchev–Trinajstić information content (AvgIpc) is 2.69. The van der Waals surface area contributed by atoms with Gasteiger partial charge in [-0.25, -0.2) is 4.79 Å². The SMILES string of the molecule is Nc1nc(N)c(SCCNc2ccc(C(=O)N[C@@H](CCC(=O)O)C(=O)O)cc2)c(=O)[nH]1. The molecule has 0 spiro atoms. The first-order valence-corrected chi connectivity index (χ1v) is 10.0. The van der Waals surface area contributed by atoms with E-state index in [-0.39, 0.29) is 35.1 Å². The normalized spacial score (nSPS) is 11.5. The van der Waals surface area contributed by atoms with Gasteiger partial charge in [-0.1, -0.05) is 0 Å². The van der Waals surface area contributed by atoms with Crippen LogP contribution < -0.4 is 27.7 Å². The van der Waals surface area contributed by atoms with E-state index in [0.29, 0.717) is 18.0 Å². The van der Waals surface area contributed by atoms with Crippen molar-refractivity contribution in [2.75, 3.05) is 29.1 Å². The summed E-state index contributed by atoms with van der Waals surface area (Å²) < 4.78 is 0. The number of nitrogens with zero attached hydrogens (tertiary/aromatic N) is 1. The van der Waals surface area contributed by atoms with Crippen molar-refractivity contribution in [3.8, 4) is 0 Å². The molecule has 0 saturated carbocycles. The van der Waals surface area contributed by atoms with Gasteiger partial charge in [-0.3, -0.25) is 19.4 Å². The molecule has 166 valence electrons. The number of anilines is 3. The van der Waals surface area contributed by atoms with E-state index in [1.807, 2.05) is 0 Å². The third kappa shape index (κ3) is 7.22. The Hall–Kier alpha value is -3.74. The molecule has 1 amide bonds. The molecule has 2 aromatic rings. The van der Waals surface area contributed by atoms with Crippen molar-refractivity contribution in [2.45, 2.75) is 23.8 Å². The molecule has 0 aliphatic carbocycles. The number of carbonyl (C=O) groups excluding carboxylic acids is 1. The van der Waals surface area contributed by atoms with Crippen molar-refractivity contribution in [1.29, 1.82) is 0 Å². The van der Waals surface area contributed by atoms with Crippen molar-refractivity contribution in [3.05, 3.63) is 40.2 Å². The number of carboxylic acid groups (broad SMARTS) is 2. The molecular weight excluding hydrogens is 428 g/mol. The van der Waals surface area contributed by atoms with E-state index in [4.69, 9.17) is 21.7 Å². The van der Waals surface area contributed by atoms with Gasteiger partial charge in [0.25, 0.3) is 11.5 Å². The van der Waals surface area contributed by atoms with Gasteiger partial charge in [-0.15, -0.1) is 11.8 Å². The van der Waals surface area contributed by atoms with Crippen LogP contribution in [0.15, 0.2) is 34.0 Å². The standard InChI is InChI=1S/C18H22N6O6S/c19-14-13(16(28)24-18(20)23-14)31-8-7-21-10-3-1-9(2-4-10)15(27)22-11(17(29)30)5-6-12(25)26/h1-4,11,21H,5-8H2,(H,22,27)(H,25,26)(H,29,30)(H5,19,20,23,24,28)/t11-/m0/s1. The summed E-state index contributed by atoms with van der Waals surface area (Å²) in [6.07, 6.45) is -0.591. The molecule has 0 radical (unpaired) electrons. The Balaban J connectivity index is 1.86. The number of hydrogen-bond acceptors (Lipinski definition) is 9. The lowest BCUT2D eigenvalue weighted by molar-refractivity contribution is -0.140. The summed E-state index contributed by atoms with van der Waals surface area (Å²) >= 11 is 1.21. The Bertz CT molecular complexity index is 1010. The van der Waals surface area contributed by atoms with Crippen molar-refractivity contribution >= 4 is 47.1 Å². The Labute approximate surface area is 180 Å². The summed E-state index contributed by atoms with van der Waals surface area (Å²) in [5.74, 6) is -2.55. The van der Waals surface area contributed by atoms with Gasteiger partial charge in [-0.05, 0) is 30.7 Å². The number of carbonyl (C=O) groups is 3. The number of thioether (sulfide) groups is 1. The first kappa shape index (κ1) is 23.5. The minimum absolute atomic E-state index is 0.0503. The lowest BCUT2D eigenvalue weighted by Gasteiger charge is -2.14. The summed E-state index contributed by atoms with van der Waals surface area (Å²) in [5, 5.41) is 23.2. The highest BCUT2D eigenvalue weighted by atomic mass is 32.2. The number of amides is 1. The Morgan fingerprint density at radius 2 is 1.84 bits per heavy atom. The minimum atomic E-state index is -1.30. The third-order valence-electron chi connectivity index (χ3n) is 4.00. The largest absolute Gasteiger partial charge is 0.481 e. The Kier molecular flexibility index (Phi) is 8.25. The third-order valence-corrected chi connectivity index (χ3v) is 5.09. The lowest BCUT2D eigenvalue weighted by atomic mass is 10.1. The highest BCUT2D eigenvalue weighted by molar-refractivity contribution is 7.99. The van der Waals surface area contributed by atoms with Gasteiger partial charge in [0.1, 0.15) is 16.8 Å². The van der Waals surface area contributed by atoms with E-state index in [1.165, 1.54) is 23.9 Å². The molecular formula is C18H22N6O6S. The molecule has 13 heteroatoms. The van der Waals surface area contributed by atoms with Crippen LogP contribution in [-0.2, 0) is 9.59 Å². The number of carboxylic acids is 2. The molecule has 31 heavy (non-hydrogen) atoms. The highest BCUT2D eigenvalue weighted by Gasteiger charge is 2.21. The molecule has 12 nitrogen and oxygen atoms in total. The maximum Gasteiger partial charge on any atom is 0.326 e. The second-order valence-electron chi connectivity index (χ2n) is 6.31. The van der Waals surface area contributed by atoms with Crippen LogP contribution in [0.1, 0.15) is 23.2 Å². The van der Waals surface area contributed by atoms with Gasteiger partial charge in [0.05, 0.1) is 0 Å². The van der Waals surface area contributed by atoms with Crippen LogP contribution in [-0.4, -0.2) is 56.4 Å². The molecule has 1 atom stereocenters. The van der Waals surface area contributed by atoms with Crippen LogP contribution in [0, 0.1) is 0 Å². The summed E-state index contributed by atoms with van der Waals surface area (Å²) in [6, 6.07) is 5.00. The smallest absolute Gasteiger partial charge is 0.326 e. The van der Waals surface area contributed by atoms with Crippen molar-refractivity contribution < 1.29 is 24.6 Å². The predicted octanol–water partition coefficient (Wildman–Crippen LogP) is 0.186. The van der Waals surface area contributed by atoms with E-state index < -0.39 is 29.4 Å². The van der Waals surface area contributed by atoms with Crippen molar-refractivity contribution in [2.24, 2.45) is 0 Å². The fourth-order valence-electron chi connectivity index (χ4n) is 2.49. The molecule has 1 aromatic carbocycles. The summed E-state index contributed by atoms with van der Waals surface area (Å²) in [5.41, 5.74) is 11.6. The Morgan fingerprint density at radius 1 is 1.16 bits per heavy atom. The monoisotopic (exact) mass is 450 g/mol. The first-order chi connectivity index (χ1) is 14.7. The summed E-state index contributed by atoms with van der Waals surface area (Å²) in [7, 11) is 0. The number of rotatable bonds is 11. The van der Waals surface area contributed by atoms with Crippen LogP contribution >= 0.6 is 11.8 Å². The average molecular weight is 450 g/mol. The zero-order valence-corrected chi connectivity index (χ0v) is 17.1. The Morgan fingerprint density at radius 3 is 2.42 bits per heavy atom. The molecule has 2 rings (SSSR count). The molecule has 1 aromatic heterocycles. The van der Waals surface area contributed by atoms with Gasteiger partial charge in [0.2, 0.25) is 5.95 Å². The number of aromatic amines is 1.